The highest BCUT2D eigenvalue weighted by Gasteiger charge is 2.26. The van der Waals surface area contributed by atoms with Gasteiger partial charge < -0.3 is 10.1 Å². The van der Waals surface area contributed by atoms with Crippen LogP contribution < -0.4 is 10.1 Å². The Kier molecular flexibility index (Phi) is 4.84. The van der Waals surface area contributed by atoms with Crippen LogP contribution in [0.5, 0.6) is 5.75 Å². The summed E-state index contributed by atoms with van der Waals surface area (Å²) >= 11 is 0. The van der Waals surface area contributed by atoms with Gasteiger partial charge in [-0.05, 0) is 61.3 Å². The molecule has 2 aliphatic rings. The van der Waals surface area contributed by atoms with Crippen LogP contribution in [0.1, 0.15) is 69.0 Å². The molecule has 0 heterocycles. The number of methoxy groups -OCH3 is 1. The topological polar surface area (TPSA) is 21.3 Å². The highest BCUT2D eigenvalue weighted by molar-refractivity contribution is 5.39. The summed E-state index contributed by atoms with van der Waals surface area (Å²) in [6.45, 7) is 2.43. The van der Waals surface area contributed by atoms with Crippen molar-refractivity contribution in [2.45, 2.75) is 70.4 Å². The lowest BCUT2D eigenvalue weighted by atomic mass is 9.86. The van der Waals surface area contributed by atoms with E-state index in [1.54, 1.807) is 7.11 Å². The van der Waals surface area contributed by atoms with Crippen molar-refractivity contribution < 1.29 is 4.74 Å². The smallest absolute Gasteiger partial charge is 0.119 e. The minimum absolute atomic E-state index is 0.523. The van der Waals surface area contributed by atoms with Crippen LogP contribution in [0, 0.1) is 5.92 Å². The first-order chi connectivity index (χ1) is 10.3. The maximum atomic E-state index is 5.43. The Bertz CT molecular complexity index is 471. The molecule has 1 aromatic rings. The second-order valence-corrected chi connectivity index (χ2v) is 6.90. The quantitative estimate of drug-likeness (QED) is 0.818. The molecular formula is C19H29NO. The average Bonchev–Trinajstić information content (AvgIpc) is 2.72. The van der Waals surface area contributed by atoms with Crippen LogP contribution in [0.15, 0.2) is 18.2 Å². The monoisotopic (exact) mass is 287 g/mol. The van der Waals surface area contributed by atoms with Crippen LogP contribution >= 0.6 is 0 Å². The third kappa shape index (κ3) is 3.42. The molecule has 1 saturated carbocycles. The fourth-order valence-corrected chi connectivity index (χ4v) is 4.08. The fraction of sp³-hybridized carbons (Fsp3) is 0.684. The first kappa shape index (κ1) is 14.9. The zero-order valence-electron chi connectivity index (χ0n) is 13.5. The van der Waals surface area contributed by atoms with Gasteiger partial charge >= 0.3 is 0 Å². The van der Waals surface area contributed by atoms with Gasteiger partial charge in [-0.3, -0.25) is 0 Å². The van der Waals surface area contributed by atoms with Gasteiger partial charge in [0.25, 0.3) is 0 Å². The number of hydrogen-bond donors (Lipinski definition) is 1. The van der Waals surface area contributed by atoms with E-state index in [4.69, 9.17) is 4.74 Å². The standard InChI is InChI=1S/C19H29NO/c1-14-7-4-3-5-9-18(14)20-19-10-6-8-15-11-12-16(21-2)13-17(15)19/h11-14,18-20H,3-10H2,1-2H3. The molecule has 21 heavy (non-hydrogen) atoms. The second-order valence-electron chi connectivity index (χ2n) is 6.90. The zero-order chi connectivity index (χ0) is 14.7. The lowest BCUT2D eigenvalue weighted by Gasteiger charge is -2.33. The van der Waals surface area contributed by atoms with Crippen molar-refractivity contribution in [2.24, 2.45) is 5.92 Å². The van der Waals surface area contributed by atoms with Gasteiger partial charge in [-0.15, -0.1) is 0 Å². The Morgan fingerprint density at radius 1 is 1.05 bits per heavy atom. The molecule has 2 aliphatic carbocycles. The number of fused-ring (bicyclic) bond motifs is 1. The van der Waals surface area contributed by atoms with Crippen LogP contribution in [0.25, 0.3) is 0 Å². The molecule has 116 valence electrons. The van der Waals surface area contributed by atoms with Crippen LogP contribution in [-0.4, -0.2) is 13.2 Å². The van der Waals surface area contributed by atoms with Gasteiger partial charge in [0.2, 0.25) is 0 Å². The van der Waals surface area contributed by atoms with Gasteiger partial charge in [-0.1, -0.05) is 32.3 Å². The summed E-state index contributed by atoms with van der Waals surface area (Å²) in [7, 11) is 1.76. The number of benzene rings is 1. The van der Waals surface area contributed by atoms with Gasteiger partial charge in [0.05, 0.1) is 7.11 Å². The Balaban J connectivity index is 1.77. The van der Waals surface area contributed by atoms with Crippen LogP contribution in [-0.2, 0) is 6.42 Å². The van der Waals surface area contributed by atoms with Crippen LogP contribution in [0.3, 0.4) is 0 Å². The summed E-state index contributed by atoms with van der Waals surface area (Å²) in [6, 6.07) is 7.84. The predicted molar refractivity (Wildman–Crippen MR) is 87.8 cm³/mol. The maximum absolute atomic E-state index is 5.43. The molecule has 0 aliphatic heterocycles. The third-order valence-electron chi connectivity index (χ3n) is 5.44. The molecule has 2 heteroatoms. The molecule has 3 unspecified atom stereocenters. The third-order valence-corrected chi connectivity index (χ3v) is 5.44. The van der Waals surface area contributed by atoms with E-state index in [1.165, 1.54) is 62.5 Å². The first-order valence-corrected chi connectivity index (χ1v) is 8.71. The molecule has 3 atom stereocenters. The normalized spacial score (nSPS) is 29.5. The van der Waals surface area contributed by atoms with E-state index in [1.807, 2.05) is 0 Å². The Hall–Kier alpha value is -1.02. The number of ether oxygens (including phenoxy) is 1. The molecule has 0 aromatic heterocycles. The predicted octanol–water partition coefficient (Wildman–Crippen LogP) is 4.63. The van der Waals surface area contributed by atoms with Crippen molar-refractivity contribution in [3.63, 3.8) is 0 Å². The molecule has 0 amide bonds. The van der Waals surface area contributed by atoms with Crippen molar-refractivity contribution in [1.82, 2.24) is 5.32 Å². The summed E-state index contributed by atoms with van der Waals surface area (Å²) in [5.41, 5.74) is 3.00. The average molecular weight is 287 g/mol. The summed E-state index contributed by atoms with van der Waals surface area (Å²) in [6.07, 6.45) is 10.7. The number of aryl methyl sites for hydroxylation is 1. The van der Waals surface area contributed by atoms with E-state index in [2.05, 4.69) is 30.4 Å². The van der Waals surface area contributed by atoms with Gasteiger partial charge in [-0.2, -0.15) is 0 Å². The van der Waals surface area contributed by atoms with E-state index >= 15 is 0 Å². The molecule has 0 saturated heterocycles. The highest BCUT2D eigenvalue weighted by Crippen LogP contribution is 2.34. The molecular weight excluding hydrogens is 258 g/mol. The van der Waals surface area contributed by atoms with E-state index < -0.39 is 0 Å². The van der Waals surface area contributed by atoms with Crippen LogP contribution in [0.2, 0.25) is 0 Å². The maximum Gasteiger partial charge on any atom is 0.119 e. The Morgan fingerprint density at radius 3 is 2.76 bits per heavy atom. The molecule has 1 aromatic carbocycles. The number of nitrogens with one attached hydrogen (secondary N) is 1. The molecule has 0 spiro atoms. The van der Waals surface area contributed by atoms with Gasteiger partial charge in [0, 0.05) is 12.1 Å². The van der Waals surface area contributed by atoms with E-state index in [0.717, 1.165) is 11.7 Å². The second kappa shape index (κ2) is 6.83. The van der Waals surface area contributed by atoms with Crippen molar-refractivity contribution in [2.75, 3.05) is 7.11 Å². The summed E-state index contributed by atoms with van der Waals surface area (Å²) in [5.74, 6) is 1.81. The minimum Gasteiger partial charge on any atom is -0.497 e. The summed E-state index contributed by atoms with van der Waals surface area (Å²) < 4.78 is 5.43. The van der Waals surface area contributed by atoms with Crippen molar-refractivity contribution >= 4 is 0 Å². The Morgan fingerprint density at radius 2 is 1.90 bits per heavy atom. The van der Waals surface area contributed by atoms with E-state index in [-0.39, 0.29) is 0 Å². The summed E-state index contributed by atoms with van der Waals surface area (Å²) in [4.78, 5) is 0. The SMILES string of the molecule is COc1ccc2c(c1)C(NC1CCCCCC1C)CCC2. The van der Waals surface area contributed by atoms with E-state index in [9.17, 15) is 0 Å². The molecule has 2 nitrogen and oxygen atoms in total. The molecule has 1 fully saturated rings. The lowest BCUT2D eigenvalue weighted by Crippen LogP contribution is -2.38. The molecule has 0 bridgehead atoms. The first-order valence-electron chi connectivity index (χ1n) is 8.71. The lowest BCUT2D eigenvalue weighted by molar-refractivity contribution is 0.305. The zero-order valence-corrected chi connectivity index (χ0v) is 13.5. The highest BCUT2D eigenvalue weighted by atomic mass is 16.5. The van der Waals surface area contributed by atoms with Crippen molar-refractivity contribution in [3.05, 3.63) is 29.3 Å². The number of hydrogen-bond acceptors (Lipinski definition) is 2. The van der Waals surface area contributed by atoms with Gasteiger partial charge in [0.15, 0.2) is 0 Å². The fourth-order valence-electron chi connectivity index (χ4n) is 4.08. The minimum atomic E-state index is 0.523. The van der Waals surface area contributed by atoms with E-state index in [0.29, 0.717) is 12.1 Å². The number of rotatable bonds is 3. The molecule has 0 radical (unpaired) electrons. The largest absolute Gasteiger partial charge is 0.497 e. The van der Waals surface area contributed by atoms with Gasteiger partial charge in [-0.25, -0.2) is 0 Å². The van der Waals surface area contributed by atoms with Crippen LogP contribution in [0.4, 0.5) is 0 Å². The van der Waals surface area contributed by atoms with Gasteiger partial charge in [0.1, 0.15) is 5.75 Å². The Labute approximate surface area is 129 Å². The van der Waals surface area contributed by atoms with Crippen molar-refractivity contribution in [1.29, 1.82) is 0 Å². The summed E-state index contributed by atoms with van der Waals surface area (Å²) in [5, 5.41) is 4.00. The van der Waals surface area contributed by atoms with Crippen molar-refractivity contribution in [3.8, 4) is 5.75 Å². The molecule has 3 rings (SSSR count). The molecule has 1 N–H and O–H groups in total.